The highest BCUT2D eigenvalue weighted by Gasteiger charge is 2.71. The lowest BCUT2D eigenvalue weighted by atomic mass is 9.40. The molecular formula is C45H78N2O4. The maximum Gasteiger partial charge on any atom is 0.325 e. The highest BCUT2D eigenvalue weighted by atomic mass is 16.4. The number of hydrogen-bond acceptors (Lipinski definition) is 4. The molecule has 6 heteroatoms. The summed E-state index contributed by atoms with van der Waals surface area (Å²) in [5.74, 6) is 1.10. The Kier molecular flexibility index (Phi) is 14.7. The second kappa shape index (κ2) is 18.9. The van der Waals surface area contributed by atoms with Crippen molar-refractivity contribution in [3.8, 4) is 0 Å². The van der Waals surface area contributed by atoms with Crippen molar-refractivity contribution >= 4 is 11.9 Å². The zero-order valence-corrected chi connectivity index (χ0v) is 32.9. The Bertz CT molecular complexity index is 993. The van der Waals surface area contributed by atoms with E-state index in [2.05, 4.69) is 10.2 Å². The highest BCUT2D eigenvalue weighted by molar-refractivity contribution is 5.81. The van der Waals surface area contributed by atoms with E-state index in [-0.39, 0.29) is 17.4 Å². The molecule has 0 aliphatic heterocycles. The van der Waals surface area contributed by atoms with Crippen LogP contribution in [0.15, 0.2) is 0 Å². The first-order valence-corrected chi connectivity index (χ1v) is 22.9. The average Bonchev–Trinajstić information content (AvgIpc) is 4.01. The van der Waals surface area contributed by atoms with Crippen molar-refractivity contribution in [2.45, 2.75) is 242 Å². The lowest BCUT2D eigenvalue weighted by Crippen LogP contribution is -2.78. The quantitative estimate of drug-likeness (QED) is 0.187. The molecule has 6 nitrogen and oxygen atoms in total. The average molecular weight is 711 g/mol. The van der Waals surface area contributed by atoms with Gasteiger partial charge in [-0.05, 0) is 120 Å². The number of aliphatic carboxylic acids is 2. The third-order valence-corrected chi connectivity index (χ3v) is 15.8. The molecule has 292 valence electrons. The molecule has 0 spiro atoms. The topological polar surface area (TPSA) is 89.9 Å². The van der Waals surface area contributed by atoms with Crippen molar-refractivity contribution in [2.24, 2.45) is 29.1 Å². The Balaban J connectivity index is 0.000000435. The molecule has 7 rings (SSSR count). The Labute approximate surface area is 312 Å². The fourth-order valence-corrected chi connectivity index (χ4v) is 13.7. The van der Waals surface area contributed by atoms with Gasteiger partial charge in [-0.2, -0.15) is 0 Å². The van der Waals surface area contributed by atoms with Crippen molar-refractivity contribution in [1.29, 1.82) is 0 Å². The summed E-state index contributed by atoms with van der Waals surface area (Å²) in [5.41, 5.74) is -0.708. The van der Waals surface area contributed by atoms with Crippen LogP contribution in [0.4, 0.5) is 0 Å². The number of nitrogens with zero attached hydrogens (tertiary/aromatic N) is 1. The van der Waals surface area contributed by atoms with Gasteiger partial charge < -0.3 is 15.5 Å². The summed E-state index contributed by atoms with van der Waals surface area (Å²) >= 11 is 0. The molecule has 0 aromatic heterocycles. The van der Waals surface area contributed by atoms with Crippen LogP contribution >= 0.6 is 0 Å². The molecular weight excluding hydrogens is 633 g/mol. The summed E-state index contributed by atoms with van der Waals surface area (Å²) in [7, 11) is 0. The van der Waals surface area contributed by atoms with Crippen LogP contribution in [0.3, 0.4) is 0 Å². The number of carbonyl (C=O) groups is 2. The Morgan fingerprint density at radius 1 is 0.490 bits per heavy atom. The van der Waals surface area contributed by atoms with Gasteiger partial charge in [-0.3, -0.25) is 14.5 Å². The third kappa shape index (κ3) is 8.73. The monoisotopic (exact) mass is 711 g/mol. The molecule has 0 unspecified atom stereocenters. The van der Waals surface area contributed by atoms with Crippen molar-refractivity contribution in [3.05, 3.63) is 0 Å². The van der Waals surface area contributed by atoms with Crippen molar-refractivity contribution in [2.75, 3.05) is 0 Å². The molecule has 0 amide bonds. The number of nitrogens with one attached hydrogen (secondary N) is 1. The molecule has 7 saturated carbocycles. The Hall–Kier alpha value is -1.14. The highest BCUT2D eigenvalue weighted by Crippen LogP contribution is 2.67. The first-order valence-electron chi connectivity index (χ1n) is 22.9. The standard InChI is InChI=1S/C39H67NO2.C6H11NO2/c41-37(42)39(34-25-13-4-14-26-34,40(35-27-15-5-16-28-35)36-29-17-6-18-30-36)38(31-19-7-1-8-20-31,32-21-9-2-10-22-32)33-23-11-3-12-24-33;1-4(6(8)9)7-5-2-3-5/h31-36H,1-30H2,(H,41,42);4-5,7H,2-3H2,1H3,(H,8,9)/t39-;4-/m10/s1. The smallest absolute Gasteiger partial charge is 0.325 e. The zero-order chi connectivity index (χ0) is 35.7. The van der Waals surface area contributed by atoms with Gasteiger partial charge >= 0.3 is 11.9 Å². The number of carboxylic acid groups (broad SMARTS) is 2. The molecule has 0 radical (unpaired) electrons. The summed E-state index contributed by atoms with van der Waals surface area (Å²) in [4.78, 5) is 28.4. The largest absolute Gasteiger partial charge is 0.480 e. The van der Waals surface area contributed by atoms with Gasteiger partial charge in [0.15, 0.2) is 0 Å². The SMILES string of the molecule is C[C@H](NC1CC1)C(=O)O.O=C(O)[C@@](C1CCCCC1)(N(C1CCCCC1)C1CCCCC1)C(C1CCCCC1)(C1CCCCC1)C1CCCCC1. The van der Waals surface area contributed by atoms with E-state index in [1.807, 2.05) is 0 Å². The minimum absolute atomic E-state index is 0.0446. The molecule has 51 heavy (non-hydrogen) atoms. The lowest BCUT2D eigenvalue weighted by Gasteiger charge is -2.69. The van der Waals surface area contributed by atoms with E-state index >= 15 is 4.79 Å². The van der Waals surface area contributed by atoms with E-state index in [0.29, 0.717) is 41.8 Å². The molecule has 0 bridgehead atoms. The van der Waals surface area contributed by atoms with Gasteiger partial charge in [-0.15, -0.1) is 0 Å². The minimum Gasteiger partial charge on any atom is -0.480 e. The molecule has 2 atom stereocenters. The molecule has 0 saturated heterocycles. The molecule has 3 N–H and O–H groups in total. The first-order chi connectivity index (χ1) is 24.9. The van der Waals surface area contributed by atoms with E-state index in [4.69, 9.17) is 5.11 Å². The van der Waals surface area contributed by atoms with Gasteiger partial charge in [0.05, 0.1) is 0 Å². The molecule has 0 aromatic carbocycles. The second-order valence-electron chi connectivity index (χ2n) is 18.8. The Morgan fingerprint density at radius 2 is 0.804 bits per heavy atom. The molecule has 0 aromatic rings. The predicted molar refractivity (Wildman–Crippen MR) is 208 cm³/mol. The van der Waals surface area contributed by atoms with Crippen molar-refractivity contribution in [1.82, 2.24) is 10.2 Å². The normalized spacial score (nSPS) is 28.0. The maximum atomic E-state index is 15.2. The number of hydrogen-bond donors (Lipinski definition) is 3. The Morgan fingerprint density at radius 3 is 1.10 bits per heavy atom. The van der Waals surface area contributed by atoms with Crippen LogP contribution in [-0.4, -0.2) is 56.8 Å². The van der Waals surface area contributed by atoms with Crippen molar-refractivity contribution in [3.63, 3.8) is 0 Å². The molecule has 7 aliphatic rings. The lowest BCUT2D eigenvalue weighted by molar-refractivity contribution is -0.231. The van der Waals surface area contributed by atoms with Gasteiger partial charge in [0, 0.05) is 23.5 Å². The van der Waals surface area contributed by atoms with Crippen molar-refractivity contribution < 1.29 is 19.8 Å². The summed E-state index contributed by atoms with van der Waals surface area (Å²) < 4.78 is 0. The van der Waals surface area contributed by atoms with E-state index in [1.54, 1.807) is 6.92 Å². The second-order valence-corrected chi connectivity index (χ2v) is 18.8. The van der Waals surface area contributed by atoms with Crippen LogP contribution in [0, 0.1) is 29.1 Å². The van der Waals surface area contributed by atoms with E-state index < -0.39 is 11.5 Å². The van der Waals surface area contributed by atoms with Gasteiger partial charge in [0.2, 0.25) is 0 Å². The summed E-state index contributed by atoms with van der Waals surface area (Å²) in [6.45, 7) is 1.67. The van der Waals surface area contributed by atoms with Gasteiger partial charge in [-0.25, -0.2) is 0 Å². The fraction of sp³-hybridized carbons (Fsp3) is 0.956. The maximum absolute atomic E-state index is 15.2. The van der Waals surface area contributed by atoms with Crippen LogP contribution in [-0.2, 0) is 9.59 Å². The molecule has 0 heterocycles. The van der Waals surface area contributed by atoms with E-state index in [0.717, 1.165) is 12.8 Å². The molecule has 7 aliphatic carbocycles. The minimum atomic E-state index is -0.762. The fourth-order valence-electron chi connectivity index (χ4n) is 13.7. The van der Waals surface area contributed by atoms with Gasteiger partial charge in [0.1, 0.15) is 11.6 Å². The summed E-state index contributed by atoms with van der Waals surface area (Å²) in [6, 6.07) is 1.10. The molecule has 7 fully saturated rings. The number of rotatable bonds is 12. The number of carboxylic acids is 2. The predicted octanol–water partition coefficient (Wildman–Crippen LogP) is 11.3. The van der Waals surface area contributed by atoms with Crippen LogP contribution < -0.4 is 5.32 Å². The van der Waals surface area contributed by atoms with Crippen LogP contribution in [0.2, 0.25) is 0 Å². The van der Waals surface area contributed by atoms with Crippen LogP contribution in [0.5, 0.6) is 0 Å². The summed E-state index contributed by atoms with van der Waals surface area (Å²) in [5, 5.41) is 23.8. The third-order valence-electron chi connectivity index (χ3n) is 15.8. The van der Waals surface area contributed by atoms with Crippen LogP contribution in [0.1, 0.15) is 212 Å². The first kappa shape index (κ1) is 39.6. The van der Waals surface area contributed by atoms with E-state index in [9.17, 15) is 9.90 Å². The van der Waals surface area contributed by atoms with Gasteiger partial charge in [-0.1, -0.05) is 116 Å². The van der Waals surface area contributed by atoms with Crippen LogP contribution in [0.25, 0.3) is 0 Å². The van der Waals surface area contributed by atoms with Gasteiger partial charge in [0.25, 0.3) is 0 Å². The zero-order valence-electron chi connectivity index (χ0n) is 32.9. The summed E-state index contributed by atoms with van der Waals surface area (Å²) in [6.07, 6.45) is 41.6. The van der Waals surface area contributed by atoms with E-state index in [1.165, 1.54) is 193 Å².